The summed E-state index contributed by atoms with van der Waals surface area (Å²) in [5, 5.41) is 22.7. The van der Waals surface area contributed by atoms with Crippen LogP contribution in [0.4, 0.5) is 20.9 Å². The van der Waals surface area contributed by atoms with Crippen molar-refractivity contribution >= 4 is 44.0 Å². The van der Waals surface area contributed by atoms with E-state index in [0.29, 0.717) is 37.5 Å². The van der Waals surface area contributed by atoms with Crippen LogP contribution in [-0.4, -0.2) is 65.0 Å². The molecule has 0 saturated carbocycles. The molecule has 3 aromatic rings. The molecule has 0 aliphatic carbocycles. The predicted molar refractivity (Wildman–Crippen MR) is 118 cm³/mol. The van der Waals surface area contributed by atoms with E-state index < -0.39 is 32.9 Å². The van der Waals surface area contributed by atoms with Gasteiger partial charge in [-0.1, -0.05) is 17.4 Å². The maximum Gasteiger partial charge on any atom is 0.277 e. The van der Waals surface area contributed by atoms with Crippen LogP contribution in [0.25, 0.3) is 10.2 Å². The average Bonchev–Trinajstić information content (AvgIpc) is 3.24. The van der Waals surface area contributed by atoms with Gasteiger partial charge in [0.15, 0.2) is 5.13 Å². The van der Waals surface area contributed by atoms with E-state index in [9.17, 15) is 29.4 Å². The van der Waals surface area contributed by atoms with Gasteiger partial charge in [0.05, 0.1) is 39.4 Å². The second kappa shape index (κ2) is 9.52. The number of amides is 1. The first-order valence-electron chi connectivity index (χ1n) is 9.94. The Kier molecular flexibility index (Phi) is 6.53. The summed E-state index contributed by atoms with van der Waals surface area (Å²) >= 11 is 1.09. The van der Waals surface area contributed by atoms with Gasteiger partial charge in [-0.3, -0.25) is 34.8 Å². The molecule has 2 aromatic carbocycles. The van der Waals surface area contributed by atoms with Crippen molar-refractivity contribution in [3.63, 3.8) is 0 Å². The zero-order valence-electron chi connectivity index (χ0n) is 17.2. The van der Waals surface area contributed by atoms with Crippen molar-refractivity contribution in [3.8, 4) is 0 Å². The van der Waals surface area contributed by atoms with E-state index in [4.69, 9.17) is 4.74 Å². The van der Waals surface area contributed by atoms with E-state index in [-0.39, 0.29) is 22.8 Å². The number of ether oxygens (including phenoxy) is 1. The van der Waals surface area contributed by atoms with Crippen molar-refractivity contribution in [2.75, 3.05) is 44.3 Å². The molecule has 1 fully saturated rings. The van der Waals surface area contributed by atoms with Crippen LogP contribution in [0.3, 0.4) is 0 Å². The quantitative estimate of drug-likeness (QED) is 0.376. The van der Waals surface area contributed by atoms with Gasteiger partial charge < -0.3 is 4.74 Å². The molecule has 0 bridgehead atoms. The minimum Gasteiger partial charge on any atom is -0.379 e. The lowest BCUT2D eigenvalue weighted by atomic mass is 10.1. The topological polar surface area (TPSA) is 132 Å². The normalized spacial score (nSPS) is 14.3. The van der Waals surface area contributed by atoms with Crippen LogP contribution in [0.5, 0.6) is 0 Å². The first kappa shape index (κ1) is 22.6. The Morgan fingerprint density at radius 1 is 1.15 bits per heavy atom. The molecule has 172 valence electrons. The van der Waals surface area contributed by atoms with Gasteiger partial charge in [0.25, 0.3) is 17.3 Å². The molecule has 0 unspecified atom stereocenters. The van der Waals surface area contributed by atoms with E-state index in [1.54, 1.807) is 6.07 Å². The number of non-ortho nitro benzene ring substituents is 2. The molecule has 0 N–H and O–H groups in total. The Morgan fingerprint density at radius 3 is 2.42 bits per heavy atom. The molecule has 0 radical (unpaired) electrons. The molecule has 0 spiro atoms. The largest absolute Gasteiger partial charge is 0.379 e. The number of para-hydroxylation sites is 1. The van der Waals surface area contributed by atoms with Gasteiger partial charge in [0.1, 0.15) is 11.3 Å². The first-order chi connectivity index (χ1) is 15.8. The summed E-state index contributed by atoms with van der Waals surface area (Å²) in [4.78, 5) is 42.0. The van der Waals surface area contributed by atoms with Crippen molar-refractivity contribution in [3.05, 3.63) is 68.0 Å². The van der Waals surface area contributed by atoms with E-state index >= 15 is 0 Å². The van der Waals surface area contributed by atoms with E-state index in [1.807, 2.05) is 0 Å². The number of rotatable bonds is 7. The van der Waals surface area contributed by atoms with Crippen LogP contribution in [0.2, 0.25) is 0 Å². The lowest BCUT2D eigenvalue weighted by molar-refractivity contribution is -0.394. The van der Waals surface area contributed by atoms with Crippen LogP contribution in [0.15, 0.2) is 36.4 Å². The highest BCUT2D eigenvalue weighted by Gasteiger charge is 2.27. The second-order valence-electron chi connectivity index (χ2n) is 7.25. The highest BCUT2D eigenvalue weighted by atomic mass is 32.1. The molecule has 2 heterocycles. The predicted octanol–water partition coefficient (Wildman–Crippen LogP) is 3.23. The number of morpholine rings is 1. The molecule has 11 nitrogen and oxygen atoms in total. The number of carbonyl (C=O) groups is 1. The number of thiazole rings is 1. The van der Waals surface area contributed by atoms with Gasteiger partial charge in [-0.15, -0.1) is 0 Å². The Bertz CT molecular complexity index is 1200. The van der Waals surface area contributed by atoms with Crippen LogP contribution in [0.1, 0.15) is 10.4 Å². The van der Waals surface area contributed by atoms with Gasteiger partial charge in [0, 0.05) is 38.3 Å². The summed E-state index contributed by atoms with van der Waals surface area (Å²) in [6, 6.07) is 7.24. The molecule has 1 saturated heterocycles. The molecular weight excluding hydrogens is 457 g/mol. The van der Waals surface area contributed by atoms with Crippen LogP contribution < -0.4 is 4.90 Å². The molecule has 13 heteroatoms. The monoisotopic (exact) mass is 475 g/mol. The number of nitro groups is 2. The zero-order valence-corrected chi connectivity index (χ0v) is 18.0. The molecule has 1 aliphatic rings. The molecule has 1 aliphatic heterocycles. The number of nitro benzene ring substituents is 2. The Morgan fingerprint density at radius 2 is 1.82 bits per heavy atom. The average molecular weight is 475 g/mol. The van der Waals surface area contributed by atoms with Crippen molar-refractivity contribution < 1.29 is 23.8 Å². The number of benzene rings is 2. The fourth-order valence-corrected chi connectivity index (χ4v) is 4.46. The maximum atomic E-state index is 14.2. The van der Waals surface area contributed by atoms with Crippen LogP contribution >= 0.6 is 11.3 Å². The fraction of sp³-hybridized carbons (Fsp3) is 0.300. The molecule has 4 rings (SSSR count). The van der Waals surface area contributed by atoms with Crippen molar-refractivity contribution in [1.82, 2.24) is 9.88 Å². The van der Waals surface area contributed by atoms with Crippen LogP contribution in [0, 0.1) is 26.0 Å². The van der Waals surface area contributed by atoms with Gasteiger partial charge in [-0.05, 0) is 12.1 Å². The Hall–Kier alpha value is -3.55. The SMILES string of the molecule is O=C(c1cc([N+](=O)[O-])cc([N+](=O)[O-])c1)N(CCN1CCOCC1)c1nc2c(F)cccc2s1. The van der Waals surface area contributed by atoms with Gasteiger partial charge in [0.2, 0.25) is 0 Å². The Labute approximate surface area is 190 Å². The number of nitrogens with zero attached hydrogens (tertiary/aromatic N) is 5. The van der Waals surface area contributed by atoms with E-state index in [1.165, 1.54) is 17.0 Å². The third kappa shape index (κ3) is 4.94. The summed E-state index contributed by atoms with van der Waals surface area (Å²) in [5.41, 5.74) is -1.27. The first-order valence-corrected chi connectivity index (χ1v) is 10.8. The highest BCUT2D eigenvalue weighted by molar-refractivity contribution is 7.22. The summed E-state index contributed by atoms with van der Waals surface area (Å²) in [6.45, 7) is 3.04. The summed E-state index contributed by atoms with van der Waals surface area (Å²) < 4.78 is 20.1. The lowest BCUT2D eigenvalue weighted by Crippen LogP contribution is -2.43. The number of fused-ring (bicyclic) bond motifs is 1. The van der Waals surface area contributed by atoms with Crippen molar-refractivity contribution in [2.45, 2.75) is 0 Å². The second-order valence-corrected chi connectivity index (χ2v) is 8.26. The standard InChI is InChI=1S/C20H18FN5O6S/c21-16-2-1-3-17-18(16)22-20(33-17)24(5-4-23-6-8-32-9-7-23)19(27)13-10-14(25(28)29)12-15(11-13)26(30)31/h1-3,10-12H,4-9H2. The summed E-state index contributed by atoms with van der Waals surface area (Å²) in [6.07, 6.45) is 0. The minimum atomic E-state index is -0.797. The third-order valence-corrected chi connectivity index (χ3v) is 6.19. The summed E-state index contributed by atoms with van der Waals surface area (Å²) in [5.74, 6) is -1.24. The molecular formula is C20H18FN5O6S. The van der Waals surface area contributed by atoms with Crippen molar-refractivity contribution in [1.29, 1.82) is 0 Å². The maximum absolute atomic E-state index is 14.2. The van der Waals surface area contributed by atoms with Crippen LogP contribution in [-0.2, 0) is 4.74 Å². The van der Waals surface area contributed by atoms with E-state index in [0.717, 1.165) is 29.5 Å². The third-order valence-electron chi connectivity index (χ3n) is 5.15. The van der Waals surface area contributed by atoms with Gasteiger partial charge >= 0.3 is 0 Å². The number of anilines is 1. The molecule has 1 aromatic heterocycles. The summed E-state index contributed by atoms with van der Waals surface area (Å²) in [7, 11) is 0. The van der Waals surface area contributed by atoms with Gasteiger partial charge in [-0.25, -0.2) is 9.37 Å². The number of halogens is 1. The molecule has 0 atom stereocenters. The van der Waals surface area contributed by atoms with Gasteiger partial charge in [-0.2, -0.15) is 0 Å². The number of aromatic nitrogens is 1. The fourth-order valence-electron chi connectivity index (χ4n) is 3.45. The smallest absolute Gasteiger partial charge is 0.277 e. The minimum absolute atomic E-state index is 0.103. The van der Waals surface area contributed by atoms with Crippen molar-refractivity contribution in [2.24, 2.45) is 0 Å². The van der Waals surface area contributed by atoms with E-state index in [2.05, 4.69) is 9.88 Å². The number of hydrogen-bond acceptors (Lipinski definition) is 9. The molecule has 33 heavy (non-hydrogen) atoms. The Balaban J connectivity index is 1.73. The number of hydrogen-bond donors (Lipinski definition) is 0. The molecule has 1 amide bonds. The number of carbonyl (C=O) groups excluding carboxylic acids is 1. The zero-order chi connectivity index (χ0) is 23.5. The lowest BCUT2D eigenvalue weighted by Gasteiger charge is -2.29. The highest BCUT2D eigenvalue weighted by Crippen LogP contribution is 2.32.